The maximum Gasteiger partial charge on any atom is 0.280 e. The summed E-state index contributed by atoms with van der Waals surface area (Å²) in [6.07, 6.45) is 3.67. The van der Waals surface area contributed by atoms with Crippen molar-refractivity contribution in [1.29, 1.82) is 0 Å². The van der Waals surface area contributed by atoms with Gasteiger partial charge in [0.2, 0.25) is 0 Å². The SMILES string of the molecule is O=[N+]([O-])c1ccccc1-c1ccc(CN[C@@H]2CCCC[C@@H]2O)o1. The van der Waals surface area contributed by atoms with Crippen molar-refractivity contribution >= 4 is 5.69 Å². The number of benzene rings is 1. The van der Waals surface area contributed by atoms with Crippen molar-refractivity contribution in [1.82, 2.24) is 5.32 Å². The molecule has 0 radical (unpaired) electrons. The first kappa shape index (κ1) is 15.7. The average Bonchev–Trinajstić information content (AvgIpc) is 3.03. The molecule has 0 spiro atoms. The van der Waals surface area contributed by atoms with Crippen molar-refractivity contribution in [2.45, 2.75) is 44.4 Å². The monoisotopic (exact) mass is 316 g/mol. The molecule has 2 N–H and O–H groups in total. The molecule has 0 unspecified atom stereocenters. The van der Waals surface area contributed by atoms with E-state index in [1.54, 1.807) is 24.3 Å². The molecule has 1 heterocycles. The van der Waals surface area contributed by atoms with E-state index < -0.39 is 4.92 Å². The molecular weight excluding hydrogens is 296 g/mol. The third kappa shape index (κ3) is 3.60. The Balaban J connectivity index is 1.70. The van der Waals surface area contributed by atoms with Crippen LogP contribution in [-0.2, 0) is 6.54 Å². The predicted molar refractivity (Wildman–Crippen MR) is 85.9 cm³/mol. The summed E-state index contributed by atoms with van der Waals surface area (Å²) in [6, 6.07) is 10.2. The van der Waals surface area contributed by atoms with Gasteiger partial charge >= 0.3 is 0 Å². The minimum absolute atomic E-state index is 0.0315. The fourth-order valence-corrected chi connectivity index (χ4v) is 3.04. The Morgan fingerprint density at radius 3 is 2.78 bits per heavy atom. The number of para-hydroxylation sites is 1. The lowest BCUT2D eigenvalue weighted by atomic mass is 9.92. The van der Waals surface area contributed by atoms with Crippen LogP contribution >= 0.6 is 0 Å². The smallest absolute Gasteiger partial charge is 0.280 e. The van der Waals surface area contributed by atoms with Gasteiger partial charge < -0.3 is 14.8 Å². The number of aliphatic hydroxyl groups is 1. The maximum absolute atomic E-state index is 11.1. The summed E-state index contributed by atoms with van der Waals surface area (Å²) < 4.78 is 5.74. The molecule has 1 aromatic heterocycles. The van der Waals surface area contributed by atoms with Crippen LogP contribution in [0.4, 0.5) is 5.69 Å². The highest BCUT2D eigenvalue weighted by atomic mass is 16.6. The number of furan rings is 1. The summed E-state index contributed by atoms with van der Waals surface area (Å²) in [5.74, 6) is 1.19. The second-order valence-electron chi connectivity index (χ2n) is 5.88. The zero-order valence-electron chi connectivity index (χ0n) is 12.8. The van der Waals surface area contributed by atoms with E-state index in [2.05, 4.69) is 5.32 Å². The zero-order chi connectivity index (χ0) is 16.2. The maximum atomic E-state index is 11.1. The first-order valence-corrected chi connectivity index (χ1v) is 7.89. The van der Waals surface area contributed by atoms with Gasteiger partial charge in [0.25, 0.3) is 5.69 Å². The molecule has 6 nitrogen and oxygen atoms in total. The number of nitrogens with zero attached hydrogens (tertiary/aromatic N) is 1. The first-order valence-electron chi connectivity index (χ1n) is 7.89. The van der Waals surface area contributed by atoms with E-state index in [1.807, 2.05) is 6.07 Å². The largest absolute Gasteiger partial charge is 0.459 e. The van der Waals surface area contributed by atoms with Gasteiger partial charge in [-0.25, -0.2) is 0 Å². The van der Waals surface area contributed by atoms with Gasteiger partial charge in [-0.15, -0.1) is 0 Å². The minimum Gasteiger partial charge on any atom is -0.459 e. The van der Waals surface area contributed by atoms with Crippen LogP contribution < -0.4 is 5.32 Å². The minimum atomic E-state index is -0.409. The van der Waals surface area contributed by atoms with Crippen molar-refractivity contribution in [3.8, 4) is 11.3 Å². The summed E-state index contributed by atoms with van der Waals surface area (Å²) in [5.41, 5.74) is 0.505. The summed E-state index contributed by atoms with van der Waals surface area (Å²) >= 11 is 0. The Morgan fingerprint density at radius 1 is 1.22 bits per heavy atom. The molecule has 0 saturated heterocycles. The summed E-state index contributed by atoms with van der Waals surface area (Å²) in [7, 11) is 0. The van der Waals surface area contributed by atoms with Crippen LogP contribution in [0.15, 0.2) is 40.8 Å². The number of rotatable bonds is 5. The van der Waals surface area contributed by atoms with Gasteiger partial charge in [-0.05, 0) is 31.0 Å². The van der Waals surface area contributed by atoms with Gasteiger partial charge in [0.15, 0.2) is 0 Å². The lowest BCUT2D eigenvalue weighted by Gasteiger charge is -2.28. The van der Waals surface area contributed by atoms with Gasteiger partial charge in [0.1, 0.15) is 11.5 Å². The lowest BCUT2D eigenvalue weighted by Crippen LogP contribution is -2.41. The van der Waals surface area contributed by atoms with Crippen molar-refractivity contribution in [2.75, 3.05) is 0 Å². The van der Waals surface area contributed by atoms with E-state index in [-0.39, 0.29) is 17.8 Å². The molecule has 2 atom stereocenters. The molecule has 1 aliphatic carbocycles. The van der Waals surface area contributed by atoms with Crippen LogP contribution in [0.5, 0.6) is 0 Å². The van der Waals surface area contributed by atoms with E-state index in [0.717, 1.165) is 25.7 Å². The molecule has 1 saturated carbocycles. The molecule has 6 heteroatoms. The molecule has 3 rings (SSSR count). The first-order chi connectivity index (χ1) is 11.1. The number of hydrogen-bond donors (Lipinski definition) is 2. The van der Waals surface area contributed by atoms with Crippen LogP contribution in [0.3, 0.4) is 0 Å². The highest BCUT2D eigenvalue weighted by molar-refractivity contribution is 5.69. The Morgan fingerprint density at radius 2 is 2.00 bits per heavy atom. The van der Waals surface area contributed by atoms with Gasteiger partial charge in [0, 0.05) is 12.1 Å². The molecule has 0 bridgehead atoms. The highest BCUT2D eigenvalue weighted by Gasteiger charge is 2.23. The van der Waals surface area contributed by atoms with E-state index in [4.69, 9.17) is 4.42 Å². The molecule has 23 heavy (non-hydrogen) atoms. The topological polar surface area (TPSA) is 88.5 Å². The summed E-state index contributed by atoms with van der Waals surface area (Å²) in [4.78, 5) is 10.7. The molecule has 0 amide bonds. The van der Waals surface area contributed by atoms with E-state index >= 15 is 0 Å². The zero-order valence-corrected chi connectivity index (χ0v) is 12.8. The van der Waals surface area contributed by atoms with Gasteiger partial charge in [-0.3, -0.25) is 10.1 Å². The second kappa shape index (κ2) is 6.93. The molecule has 1 aromatic carbocycles. The Bertz CT molecular complexity index is 683. The standard InChI is InChI=1S/C17H20N2O4/c20-16-8-4-2-6-14(16)18-11-12-9-10-17(23-12)13-5-1-3-7-15(13)19(21)22/h1,3,5,7,9-10,14,16,18,20H,2,4,6,8,11H2/t14-,16+/m1/s1. The third-order valence-corrected chi connectivity index (χ3v) is 4.30. The third-order valence-electron chi connectivity index (χ3n) is 4.30. The second-order valence-corrected chi connectivity index (χ2v) is 5.88. The van der Waals surface area contributed by atoms with Crippen molar-refractivity contribution in [3.05, 3.63) is 52.3 Å². The highest BCUT2D eigenvalue weighted by Crippen LogP contribution is 2.31. The van der Waals surface area contributed by atoms with Crippen molar-refractivity contribution < 1.29 is 14.4 Å². The summed E-state index contributed by atoms with van der Waals surface area (Å²) in [6.45, 7) is 0.502. The Hall–Kier alpha value is -2.18. The molecule has 122 valence electrons. The van der Waals surface area contributed by atoms with Gasteiger partial charge in [0.05, 0.1) is 23.1 Å². The predicted octanol–water partition coefficient (Wildman–Crippen LogP) is 3.25. The summed E-state index contributed by atoms with van der Waals surface area (Å²) in [5, 5.41) is 24.4. The van der Waals surface area contributed by atoms with Gasteiger partial charge in [-0.1, -0.05) is 25.0 Å². The fourth-order valence-electron chi connectivity index (χ4n) is 3.04. The molecule has 1 aliphatic rings. The number of nitro benzene ring substituents is 1. The average molecular weight is 316 g/mol. The number of nitrogens with one attached hydrogen (secondary N) is 1. The molecule has 2 aromatic rings. The van der Waals surface area contributed by atoms with E-state index in [0.29, 0.717) is 23.6 Å². The number of nitro groups is 1. The van der Waals surface area contributed by atoms with Crippen LogP contribution in [-0.4, -0.2) is 22.2 Å². The Kier molecular flexibility index (Phi) is 4.73. The van der Waals surface area contributed by atoms with E-state index in [9.17, 15) is 15.2 Å². The van der Waals surface area contributed by atoms with Gasteiger partial charge in [-0.2, -0.15) is 0 Å². The lowest BCUT2D eigenvalue weighted by molar-refractivity contribution is -0.384. The fraction of sp³-hybridized carbons (Fsp3) is 0.412. The van der Waals surface area contributed by atoms with Crippen LogP contribution in [0, 0.1) is 10.1 Å². The Labute approximate surface area is 134 Å². The molecule has 0 aliphatic heterocycles. The van der Waals surface area contributed by atoms with Crippen LogP contribution in [0.1, 0.15) is 31.4 Å². The molecular formula is C17H20N2O4. The van der Waals surface area contributed by atoms with Crippen LogP contribution in [0.2, 0.25) is 0 Å². The van der Waals surface area contributed by atoms with E-state index in [1.165, 1.54) is 6.07 Å². The number of aliphatic hydroxyl groups excluding tert-OH is 1. The van der Waals surface area contributed by atoms with Crippen molar-refractivity contribution in [2.24, 2.45) is 0 Å². The van der Waals surface area contributed by atoms with Crippen molar-refractivity contribution in [3.63, 3.8) is 0 Å². The normalized spacial score (nSPS) is 21.3. The van der Waals surface area contributed by atoms with Crippen LogP contribution in [0.25, 0.3) is 11.3 Å². The quantitative estimate of drug-likeness (QED) is 0.653. The number of hydrogen-bond acceptors (Lipinski definition) is 5. The molecule has 1 fully saturated rings.